The summed E-state index contributed by atoms with van der Waals surface area (Å²) in [4.78, 5) is 24.5. The first-order chi connectivity index (χ1) is 13.8. The molecule has 0 unspecified atom stereocenters. The van der Waals surface area contributed by atoms with Crippen LogP contribution < -0.4 is 9.80 Å². The Morgan fingerprint density at radius 1 is 1.21 bits per heavy atom. The zero-order valence-corrected chi connectivity index (χ0v) is 16.8. The van der Waals surface area contributed by atoms with Gasteiger partial charge in [0.1, 0.15) is 11.5 Å². The number of aromatic nitrogens is 2. The van der Waals surface area contributed by atoms with Crippen LogP contribution >= 0.6 is 0 Å². The van der Waals surface area contributed by atoms with Crippen LogP contribution in [0.2, 0.25) is 0 Å². The maximum absolute atomic E-state index is 14.8. The van der Waals surface area contributed by atoms with Crippen molar-refractivity contribution in [1.29, 1.82) is 0 Å². The van der Waals surface area contributed by atoms with Crippen LogP contribution in [-0.4, -0.2) is 46.7 Å². The molecular weight excluding hydrogens is 378 g/mol. The van der Waals surface area contributed by atoms with Gasteiger partial charge in [-0.05, 0) is 56.8 Å². The first kappa shape index (κ1) is 19.0. The third-order valence-electron chi connectivity index (χ3n) is 7.38. The Labute approximate surface area is 169 Å². The van der Waals surface area contributed by atoms with Crippen LogP contribution in [-0.2, 0) is 17.1 Å². The Morgan fingerprint density at radius 3 is 2.66 bits per heavy atom. The van der Waals surface area contributed by atoms with Crippen molar-refractivity contribution < 1.29 is 18.7 Å². The fraction of sp³-hybridized carbons (Fsp3) is 0.762. The Hall–Kier alpha value is -1.99. The summed E-state index contributed by atoms with van der Waals surface area (Å²) in [6.07, 6.45) is 4.28. The second kappa shape index (κ2) is 6.77. The van der Waals surface area contributed by atoms with E-state index in [1.54, 1.807) is 0 Å². The number of hydrogen-bond donors (Lipinski definition) is 1. The van der Waals surface area contributed by atoms with E-state index in [1.807, 2.05) is 0 Å². The van der Waals surface area contributed by atoms with Crippen molar-refractivity contribution in [3.8, 4) is 0 Å². The molecule has 0 aromatic carbocycles. The minimum atomic E-state index is -2.91. The molecule has 4 aliphatic rings. The molecule has 1 N–H and O–H groups in total. The molecule has 1 aromatic heterocycles. The molecule has 3 fully saturated rings. The molecule has 6 nitrogen and oxygen atoms in total. The minimum absolute atomic E-state index is 0.0795. The lowest BCUT2D eigenvalue weighted by Crippen LogP contribution is -2.40. The third kappa shape index (κ3) is 3.24. The van der Waals surface area contributed by atoms with Gasteiger partial charge in [0.15, 0.2) is 0 Å². The molecule has 1 saturated carbocycles. The van der Waals surface area contributed by atoms with Gasteiger partial charge in [0.05, 0.1) is 0 Å². The van der Waals surface area contributed by atoms with E-state index < -0.39 is 11.9 Å². The van der Waals surface area contributed by atoms with Gasteiger partial charge in [-0.3, -0.25) is 4.79 Å². The van der Waals surface area contributed by atoms with E-state index in [0.29, 0.717) is 55.1 Å². The number of anilines is 2. The molecule has 0 spiro atoms. The maximum Gasteiger partial charge on any atom is 0.303 e. The van der Waals surface area contributed by atoms with Crippen LogP contribution in [0.4, 0.5) is 20.5 Å². The van der Waals surface area contributed by atoms with Gasteiger partial charge in [-0.25, -0.2) is 4.98 Å². The van der Waals surface area contributed by atoms with Gasteiger partial charge in [0.25, 0.3) is 5.92 Å². The van der Waals surface area contributed by atoms with Crippen molar-refractivity contribution in [2.45, 2.75) is 63.8 Å². The SMILES string of the molecule is C[C@@H]1CCCCN1c1nc(N2C[C@@H]3[C@@H](CC(=O)O)[C@@H]3C2)c2c(n1)C(F)(F)CCC2. The second-order valence-electron chi connectivity index (χ2n) is 9.26. The summed E-state index contributed by atoms with van der Waals surface area (Å²) in [5, 5.41) is 9.06. The van der Waals surface area contributed by atoms with E-state index >= 15 is 0 Å². The lowest BCUT2D eigenvalue weighted by molar-refractivity contribution is -0.137. The molecule has 5 rings (SSSR count). The summed E-state index contributed by atoms with van der Waals surface area (Å²) < 4.78 is 29.6. The standard InChI is InChI=1S/C21H28F2N4O2/c1-12-5-2-3-8-27(12)20-24-18-13(6-4-7-21(18,22)23)19(25-20)26-10-15-14(9-17(28)29)16(15)11-26/h12,14-16H,2-11H2,1H3,(H,28,29)/t12-,14-,15-,16+/m1/s1. The van der Waals surface area contributed by atoms with Crippen LogP contribution in [0, 0.1) is 17.8 Å². The highest BCUT2D eigenvalue weighted by Crippen LogP contribution is 2.55. The van der Waals surface area contributed by atoms with E-state index in [-0.39, 0.29) is 30.5 Å². The number of fused-ring (bicyclic) bond motifs is 2. The first-order valence-corrected chi connectivity index (χ1v) is 10.9. The number of aliphatic carboxylic acids is 1. The molecule has 29 heavy (non-hydrogen) atoms. The molecule has 0 bridgehead atoms. The van der Waals surface area contributed by atoms with E-state index in [1.165, 1.54) is 0 Å². The molecule has 4 atom stereocenters. The minimum Gasteiger partial charge on any atom is -0.481 e. The van der Waals surface area contributed by atoms with Crippen LogP contribution in [0.25, 0.3) is 0 Å². The van der Waals surface area contributed by atoms with Crippen LogP contribution in [0.5, 0.6) is 0 Å². The average Bonchev–Trinajstić information content (AvgIpc) is 3.10. The van der Waals surface area contributed by atoms with Crippen molar-refractivity contribution in [1.82, 2.24) is 9.97 Å². The van der Waals surface area contributed by atoms with Crippen molar-refractivity contribution in [2.75, 3.05) is 29.4 Å². The van der Waals surface area contributed by atoms with Gasteiger partial charge in [-0.2, -0.15) is 13.8 Å². The normalized spacial score (nSPS) is 32.7. The van der Waals surface area contributed by atoms with Gasteiger partial charge < -0.3 is 14.9 Å². The number of nitrogens with zero attached hydrogens (tertiary/aromatic N) is 4. The van der Waals surface area contributed by atoms with Gasteiger partial charge in [0, 0.05) is 44.1 Å². The molecule has 0 amide bonds. The van der Waals surface area contributed by atoms with Gasteiger partial charge >= 0.3 is 5.97 Å². The number of rotatable bonds is 4. The highest BCUT2D eigenvalue weighted by atomic mass is 19.3. The van der Waals surface area contributed by atoms with Crippen LogP contribution in [0.15, 0.2) is 0 Å². The molecule has 3 heterocycles. The van der Waals surface area contributed by atoms with Crippen molar-refractivity contribution in [3.63, 3.8) is 0 Å². The first-order valence-electron chi connectivity index (χ1n) is 10.9. The van der Waals surface area contributed by atoms with Gasteiger partial charge in [-0.1, -0.05) is 0 Å². The average molecular weight is 406 g/mol. The number of alkyl halides is 2. The number of piperidine rings is 2. The Kier molecular flexibility index (Phi) is 4.44. The molecule has 158 valence electrons. The summed E-state index contributed by atoms with van der Waals surface area (Å²) in [7, 11) is 0. The van der Waals surface area contributed by atoms with Gasteiger partial charge in [0.2, 0.25) is 5.95 Å². The van der Waals surface area contributed by atoms with E-state index in [0.717, 1.165) is 25.8 Å². The second-order valence-corrected chi connectivity index (χ2v) is 9.26. The Balaban J connectivity index is 1.48. The number of carboxylic acid groups (broad SMARTS) is 1. The fourth-order valence-electron chi connectivity index (χ4n) is 5.71. The zero-order chi connectivity index (χ0) is 20.3. The lowest BCUT2D eigenvalue weighted by atomic mass is 9.92. The van der Waals surface area contributed by atoms with E-state index in [9.17, 15) is 13.6 Å². The van der Waals surface area contributed by atoms with Crippen molar-refractivity contribution in [2.24, 2.45) is 17.8 Å². The smallest absolute Gasteiger partial charge is 0.303 e. The molecular formula is C21H28F2N4O2. The predicted octanol–water partition coefficient (Wildman–Crippen LogP) is 3.44. The highest BCUT2D eigenvalue weighted by Gasteiger charge is 2.57. The molecule has 2 aliphatic heterocycles. The fourth-order valence-corrected chi connectivity index (χ4v) is 5.71. The van der Waals surface area contributed by atoms with Crippen molar-refractivity contribution >= 4 is 17.7 Å². The Morgan fingerprint density at radius 2 is 1.97 bits per heavy atom. The summed E-state index contributed by atoms with van der Waals surface area (Å²) in [5.41, 5.74) is 0.523. The summed E-state index contributed by atoms with van der Waals surface area (Å²) in [5.74, 6) is -1.64. The molecule has 8 heteroatoms. The Bertz CT molecular complexity index is 821. The van der Waals surface area contributed by atoms with E-state index in [2.05, 4.69) is 21.7 Å². The molecule has 2 saturated heterocycles. The number of carbonyl (C=O) groups is 1. The molecule has 0 radical (unpaired) electrons. The van der Waals surface area contributed by atoms with Gasteiger partial charge in [-0.15, -0.1) is 0 Å². The third-order valence-corrected chi connectivity index (χ3v) is 7.38. The lowest BCUT2D eigenvalue weighted by Gasteiger charge is -2.36. The van der Waals surface area contributed by atoms with Crippen LogP contribution in [0.3, 0.4) is 0 Å². The summed E-state index contributed by atoms with van der Waals surface area (Å²) in [6, 6.07) is 0.249. The number of carboxylic acids is 1. The summed E-state index contributed by atoms with van der Waals surface area (Å²) >= 11 is 0. The summed E-state index contributed by atoms with van der Waals surface area (Å²) in [6.45, 7) is 4.34. The quantitative estimate of drug-likeness (QED) is 0.826. The van der Waals surface area contributed by atoms with E-state index in [4.69, 9.17) is 10.1 Å². The maximum atomic E-state index is 14.8. The molecule has 2 aliphatic carbocycles. The van der Waals surface area contributed by atoms with Crippen LogP contribution in [0.1, 0.15) is 56.7 Å². The number of halogens is 2. The largest absolute Gasteiger partial charge is 0.481 e. The monoisotopic (exact) mass is 406 g/mol. The van der Waals surface area contributed by atoms with Crippen molar-refractivity contribution in [3.05, 3.63) is 11.3 Å². The zero-order valence-electron chi connectivity index (χ0n) is 16.8. The predicted molar refractivity (Wildman–Crippen MR) is 104 cm³/mol. The topological polar surface area (TPSA) is 69.6 Å². The molecule has 1 aromatic rings. The number of hydrogen-bond acceptors (Lipinski definition) is 5. The highest BCUT2D eigenvalue weighted by molar-refractivity contribution is 5.68.